The number of fused-ring (bicyclic) bond motifs is 1. The van der Waals surface area contributed by atoms with Crippen LogP contribution in [0.5, 0.6) is 0 Å². The molecule has 0 radical (unpaired) electrons. The van der Waals surface area contributed by atoms with Crippen LogP contribution < -0.4 is 10.6 Å². The van der Waals surface area contributed by atoms with Crippen molar-refractivity contribution in [1.82, 2.24) is 10.2 Å². The molecule has 2 aliphatic carbocycles. The molecule has 3 heterocycles. The second kappa shape index (κ2) is 10.9. The molecule has 0 aromatic heterocycles. The highest BCUT2D eigenvalue weighted by molar-refractivity contribution is 6.03. The standard InChI is InChI=1S/C34H47N3O4/c1-19(2)23-11-13-24(14-12-23)35-31(38)28-27-17-18-34(41-27)29(28)33(40)37(25-15-9-20(3)10-16-25)30(34)32(39)36-26-8-6-7-21(4)22(26)5/h11-14,17-22,25-30H,6-10,15-16H2,1-5H3,(H,35,38)(H,36,39)/t20?,21?,22?,25?,26?,27-,28?,29-,30?,34?/m1/s1. The molecule has 7 heteroatoms. The quantitative estimate of drug-likeness (QED) is 0.454. The summed E-state index contributed by atoms with van der Waals surface area (Å²) in [6, 6.07) is 7.20. The predicted molar refractivity (Wildman–Crippen MR) is 159 cm³/mol. The van der Waals surface area contributed by atoms with Crippen LogP contribution in [0.2, 0.25) is 0 Å². The Hall–Kier alpha value is -2.67. The van der Waals surface area contributed by atoms with E-state index in [9.17, 15) is 14.4 Å². The van der Waals surface area contributed by atoms with Gasteiger partial charge in [0.15, 0.2) is 0 Å². The molecule has 1 spiro atoms. The Labute approximate surface area is 244 Å². The van der Waals surface area contributed by atoms with Crippen molar-refractivity contribution in [2.45, 2.75) is 115 Å². The molecule has 3 amide bonds. The molecule has 6 rings (SSSR count). The summed E-state index contributed by atoms with van der Waals surface area (Å²) in [5.41, 5.74) is 0.799. The number of ether oxygens (including phenoxy) is 1. The van der Waals surface area contributed by atoms with Gasteiger partial charge in [0, 0.05) is 17.8 Å². The maximum absolute atomic E-state index is 14.4. The van der Waals surface area contributed by atoms with Crippen LogP contribution in [0.1, 0.15) is 91.0 Å². The molecule has 2 N–H and O–H groups in total. The number of likely N-dealkylation sites (tertiary alicyclic amines) is 1. The van der Waals surface area contributed by atoms with Gasteiger partial charge in [-0.15, -0.1) is 0 Å². The smallest absolute Gasteiger partial charge is 0.246 e. The van der Waals surface area contributed by atoms with Crippen LogP contribution in [0.15, 0.2) is 36.4 Å². The lowest BCUT2D eigenvalue weighted by Gasteiger charge is -2.41. The van der Waals surface area contributed by atoms with E-state index in [0.29, 0.717) is 29.4 Å². The molecule has 6 unspecified atom stereocenters. The first-order chi connectivity index (χ1) is 19.6. The van der Waals surface area contributed by atoms with Gasteiger partial charge in [0.25, 0.3) is 0 Å². The summed E-state index contributed by atoms with van der Waals surface area (Å²) in [7, 11) is 0. The number of benzene rings is 1. The molecule has 2 saturated heterocycles. The monoisotopic (exact) mass is 561 g/mol. The number of amides is 3. The van der Waals surface area contributed by atoms with Gasteiger partial charge < -0.3 is 20.3 Å². The van der Waals surface area contributed by atoms with Crippen LogP contribution in [0, 0.1) is 29.6 Å². The van der Waals surface area contributed by atoms with E-state index >= 15 is 0 Å². The number of hydrogen-bond acceptors (Lipinski definition) is 4. The van der Waals surface area contributed by atoms with Crippen molar-refractivity contribution in [3.05, 3.63) is 42.0 Å². The van der Waals surface area contributed by atoms with E-state index in [0.717, 1.165) is 38.5 Å². The predicted octanol–water partition coefficient (Wildman–Crippen LogP) is 5.42. The van der Waals surface area contributed by atoms with Crippen molar-refractivity contribution in [2.75, 3.05) is 5.32 Å². The third kappa shape index (κ3) is 4.82. The van der Waals surface area contributed by atoms with E-state index in [1.807, 2.05) is 41.3 Å². The molecule has 1 aromatic rings. The number of nitrogens with one attached hydrogen (secondary N) is 2. The first-order valence-electron chi connectivity index (χ1n) is 16.0. The number of carbonyl (C=O) groups excluding carboxylic acids is 3. The number of anilines is 1. The fraction of sp³-hybridized carbons (Fsp3) is 0.676. The summed E-state index contributed by atoms with van der Waals surface area (Å²) in [5, 5.41) is 6.44. The Balaban J connectivity index is 1.29. The van der Waals surface area contributed by atoms with Crippen LogP contribution in [0.25, 0.3) is 0 Å². The normalized spacial score (nSPS) is 39.7. The van der Waals surface area contributed by atoms with Crippen molar-refractivity contribution >= 4 is 23.4 Å². The summed E-state index contributed by atoms with van der Waals surface area (Å²) in [4.78, 5) is 44.4. The van der Waals surface area contributed by atoms with E-state index < -0.39 is 29.6 Å². The fourth-order valence-corrected chi connectivity index (χ4v) is 8.34. The van der Waals surface area contributed by atoms with Gasteiger partial charge in [-0.1, -0.05) is 71.7 Å². The lowest BCUT2D eigenvalue weighted by molar-refractivity contribution is -0.145. The van der Waals surface area contributed by atoms with E-state index in [-0.39, 0.29) is 29.8 Å². The zero-order chi connectivity index (χ0) is 29.1. The molecule has 222 valence electrons. The zero-order valence-corrected chi connectivity index (χ0v) is 25.3. The average Bonchev–Trinajstić information content (AvgIpc) is 3.59. The highest BCUT2D eigenvalue weighted by Crippen LogP contribution is 2.56. The molecular weight excluding hydrogens is 514 g/mol. The molecule has 2 saturated carbocycles. The first kappa shape index (κ1) is 28.4. The van der Waals surface area contributed by atoms with Gasteiger partial charge in [-0.25, -0.2) is 0 Å². The van der Waals surface area contributed by atoms with Crippen LogP contribution in [0.4, 0.5) is 5.69 Å². The van der Waals surface area contributed by atoms with Gasteiger partial charge in [0.2, 0.25) is 17.7 Å². The Morgan fingerprint density at radius 2 is 1.68 bits per heavy atom. The Morgan fingerprint density at radius 3 is 2.37 bits per heavy atom. The summed E-state index contributed by atoms with van der Waals surface area (Å²) < 4.78 is 6.59. The molecule has 2 bridgehead atoms. The molecular formula is C34H47N3O4. The Morgan fingerprint density at radius 1 is 0.976 bits per heavy atom. The largest absolute Gasteiger partial charge is 0.359 e. The minimum atomic E-state index is -1.11. The zero-order valence-electron chi connectivity index (χ0n) is 25.3. The molecule has 3 aliphatic heterocycles. The first-order valence-corrected chi connectivity index (χ1v) is 16.0. The highest BCUT2D eigenvalue weighted by atomic mass is 16.5. The molecule has 5 aliphatic rings. The number of nitrogens with zero attached hydrogens (tertiary/aromatic N) is 1. The SMILES string of the molecule is CC1CCC(N2C(=O)[C@H]3C(C(=O)Nc4ccc(C(C)C)cc4)[C@H]4C=CC3(O4)C2C(=O)NC2CCCC(C)C2C)CC1. The minimum Gasteiger partial charge on any atom is -0.359 e. The van der Waals surface area contributed by atoms with E-state index in [4.69, 9.17) is 4.74 Å². The van der Waals surface area contributed by atoms with E-state index in [2.05, 4.69) is 45.3 Å². The van der Waals surface area contributed by atoms with E-state index in [1.165, 1.54) is 12.0 Å². The molecule has 7 nitrogen and oxygen atoms in total. The highest BCUT2D eigenvalue weighted by Gasteiger charge is 2.73. The fourth-order valence-electron chi connectivity index (χ4n) is 8.34. The summed E-state index contributed by atoms with van der Waals surface area (Å²) in [6.45, 7) is 11.0. The van der Waals surface area contributed by atoms with Crippen LogP contribution in [0.3, 0.4) is 0 Å². The average molecular weight is 562 g/mol. The summed E-state index contributed by atoms with van der Waals surface area (Å²) in [5.74, 6) is 0.116. The molecule has 8 atom stereocenters. The third-order valence-corrected chi connectivity index (χ3v) is 11.1. The van der Waals surface area contributed by atoms with Crippen LogP contribution >= 0.6 is 0 Å². The van der Waals surface area contributed by atoms with Gasteiger partial charge in [-0.3, -0.25) is 14.4 Å². The van der Waals surface area contributed by atoms with Gasteiger partial charge in [-0.2, -0.15) is 0 Å². The molecule has 1 aromatic carbocycles. The number of carbonyl (C=O) groups is 3. The van der Waals surface area contributed by atoms with Crippen LogP contribution in [-0.2, 0) is 19.1 Å². The van der Waals surface area contributed by atoms with Crippen molar-refractivity contribution in [2.24, 2.45) is 29.6 Å². The van der Waals surface area contributed by atoms with Gasteiger partial charge in [0.05, 0.1) is 17.9 Å². The minimum absolute atomic E-state index is 0.0135. The maximum atomic E-state index is 14.4. The number of rotatable bonds is 6. The number of hydrogen-bond donors (Lipinski definition) is 2. The lowest BCUT2D eigenvalue weighted by atomic mass is 9.73. The Kier molecular flexibility index (Phi) is 7.54. The molecule has 4 fully saturated rings. The van der Waals surface area contributed by atoms with Crippen molar-refractivity contribution < 1.29 is 19.1 Å². The second-order valence-corrected chi connectivity index (χ2v) is 14.0. The Bertz CT molecular complexity index is 1200. The van der Waals surface area contributed by atoms with Gasteiger partial charge >= 0.3 is 0 Å². The van der Waals surface area contributed by atoms with Gasteiger partial charge in [-0.05, 0) is 73.5 Å². The van der Waals surface area contributed by atoms with Crippen molar-refractivity contribution in [1.29, 1.82) is 0 Å². The lowest BCUT2D eigenvalue weighted by Crippen LogP contribution is -2.59. The van der Waals surface area contributed by atoms with Gasteiger partial charge in [0.1, 0.15) is 11.6 Å². The van der Waals surface area contributed by atoms with E-state index in [1.54, 1.807) is 0 Å². The third-order valence-electron chi connectivity index (χ3n) is 11.1. The van der Waals surface area contributed by atoms with Crippen molar-refractivity contribution in [3.8, 4) is 0 Å². The second-order valence-electron chi connectivity index (χ2n) is 14.0. The summed E-state index contributed by atoms with van der Waals surface area (Å²) >= 11 is 0. The maximum Gasteiger partial charge on any atom is 0.246 e. The molecule has 41 heavy (non-hydrogen) atoms. The summed E-state index contributed by atoms with van der Waals surface area (Å²) in [6.07, 6.45) is 10.4. The van der Waals surface area contributed by atoms with Crippen molar-refractivity contribution in [3.63, 3.8) is 0 Å². The van der Waals surface area contributed by atoms with Crippen LogP contribution in [-0.4, -0.2) is 52.5 Å². The topological polar surface area (TPSA) is 87.7 Å².